The Morgan fingerprint density at radius 1 is 1.28 bits per heavy atom. The molecule has 0 radical (unpaired) electrons. The molecule has 8 heteroatoms. The lowest BCUT2D eigenvalue weighted by atomic mass is 9.89. The number of hydrogen-bond acceptors (Lipinski definition) is 5. The Hall–Kier alpha value is -2.12. The topological polar surface area (TPSA) is 105 Å². The molecule has 2 fully saturated rings. The molecule has 0 unspecified atom stereocenters. The van der Waals surface area contributed by atoms with Gasteiger partial charge in [-0.3, -0.25) is 14.4 Å². The van der Waals surface area contributed by atoms with E-state index in [1.807, 2.05) is 0 Å². The third-order valence-corrected chi connectivity index (χ3v) is 4.28. The second-order valence-electron chi connectivity index (χ2n) is 7.57. The van der Waals surface area contributed by atoms with Gasteiger partial charge in [0.25, 0.3) is 5.91 Å². The van der Waals surface area contributed by atoms with Gasteiger partial charge < -0.3 is 20.3 Å². The molecule has 0 aromatic heterocycles. The Balaban J connectivity index is 2.06. The molecule has 2 saturated heterocycles. The minimum absolute atomic E-state index is 0.101. The molecule has 0 bridgehead atoms. The zero-order valence-electron chi connectivity index (χ0n) is 15.1. The summed E-state index contributed by atoms with van der Waals surface area (Å²) in [5.41, 5.74) is -0.721. The fourth-order valence-electron chi connectivity index (χ4n) is 2.85. The molecule has 25 heavy (non-hydrogen) atoms. The van der Waals surface area contributed by atoms with Crippen molar-refractivity contribution in [3.8, 4) is 0 Å². The van der Waals surface area contributed by atoms with Crippen LogP contribution in [-0.4, -0.2) is 59.9 Å². The fraction of sp³-hybridized carbons (Fsp3) is 0.765. The average molecular weight is 353 g/mol. The summed E-state index contributed by atoms with van der Waals surface area (Å²) in [5.74, 6) is -1.85. The fourth-order valence-corrected chi connectivity index (χ4v) is 2.85. The van der Waals surface area contributed by atoms with E-state index in [4.69, 9.17) is 4.74 Å². The Morgan fingerprint density at radius 2 is 1.96 bits per heavy atom. The van der Waals surface area contributed by atoms with E-state index in [0.29, 0.717) is 26.1 Å². The van der Waals surface area contributed by atoms with E-state index >= 15 is 0 Å². The van der Waals surface area contributed by atoms with Crippen molar-refractivity contribution in [2.24, 2.45) is 5.92 Å². The highest BCUT2D eigenvalue weighted by molar-refractivity contribution is 6.38. The summed E-state index contributed by atoms with van der Waals surface area (Å²) >= 11 is 0. The number of nitrogens with zero attached hydrogens (tertiary/aromatic N) is 1. The summed E-state index contributed by atoms with van der Waals surface area (Å²) in [6, 6.07) is -1.06. The molecule has 2 aliphatic rings. The van der Waals surface area contributed by atoms with Crippen molar-refractivity contribution in [1.82, 2.24) is 15.5 Å². The standard InChI is InChI=1S/C17H27N3O5/c1-17(2,3)25-16(24)19-12(10-11-6-4-7-18-14(11)22)13(21)15(23)20-8-5-9-20/h11-12H,4-10H2,1-3H3,(H,18,22)(H,19,24)/t11-,12-/m0/s1. The zero-order chi connectivity index (χ0) is 18.6. The van der Waals surface area contributed by atoms with Crippen LogP contribution in [0.5, 0.6) is 0 Å². The molecule has 2 rings (SSSR count). The minimum atomic E-state index is -1.06. The van der Waals surface area contributed by atoms with Gasteiger partial charge in [0.2, 0.25) is 11.7 Å². The highest BCUT2D eigenvalue weighted by atomic mass is 16.6. The van der Waals surface area contributed by atoms with E-state index in [2.05, 4.69) is 10.6 Å². The van der Waals surface area contributed by atoms with E-state index in [1.54, 1.807) is 20.8 Å². The first-order chi connectivity index (χ1) is 11.7. The van der Waals surface area contributed by atoms with Gasteiger partial charge in [-0.1, -0.05) is 0 Å². The van der Waals surface area contributed by atoms with Gasteiger partial charge >= 0.3 is 6.09 Å². The van der Waals surface area contributed by atoms with Crippen molar-refractivity contribution in [2.75, 3.05) is 19.6 Å². The van der Waals surface area contributed by atoms with E-state index in [0.717, 1.165) is 12.8 Å². The molecule has 0 aliphatic carbocycles. The van der Waals surface area contributed by atoms with Crippen molar-refractivity contribution < 1.29 is 23.9 Å². The number of ketones is 1. The van der Waals surface area contributed by atoms with Gasteiger partial charge in [-0.15, -0.1) is 0 Å². The van der Waals surface area contributed by atoms with Crippen LogP contribution in [-0.2, 0) is 19.1 Å². The van der Waals surface area contributed by atoms with Crippen LogP contribution in [0.3, 0.4) is 0 Å². The van der Waals surface area contributed by atoms with Crippen molar-refractivity contribution in [1.29, 1.82) is 0 Å². The van der Waals surface area contributed by atoms with Crippen LogP contribution in [0.1, 0.15) is 46.5 Å². The smallest absolute Gasteiger partial charge is 0.408 e. The summed E-state index contributed by atoms with van der Waals surface area (Å²) in [6.45, 7) is 6.84. The lowest BCUT2D eigenvalue weighted by Crippen LogP contribution is -2.54. The molecule has 2 heterocycles. The molecule has 0 aromatic carbocycles. The highest BCUT2D eigenvalue weighted by Gasteiger charge is 2.37. The molecule has 2 N–H and O–H groups in total. The average Bonchev–Trinajstić information content (AvgIpc) is 2.44. The quantitative estimate of drug-likeness (QED) is 0.704. The first-order valence-electron chi connectivity index (χ1n) is 8.78. The van der Waals surface area contributed by atoms with Crippen LogP contribution in [0.15, 0.2) is 0 Å². The molecule has 3 amide bonds. The Bertz CT molecular complexity index is 551. The number of ether oxygens (including phenoxy) is 1. The number of carbonyl (C=O) groups excluding carboxylic acids is 4. The predicted octanol–water partition coefficient (Wildman–Crippen LogP) is 0.597. The largest absolute Gasteiger partial charge is 0.444 e. The van der Waals surface area contributed by atoms with Crippen LogP contribution in [0.25, 0.3) is 0 Å². The van der Waals surface area contributed by atoms with Gasteiger partial charge in [-0.25, -0.2) is 4.79 Å². The van der Waals surface area contributed by atoms with E-state index in [9.17, 15) is 19.2 Å². The lowest BCUT2D eigenvalue weighted by Gasteiger charge is -2.32. The molecular formula is C17H27N3O5. The SMILES string of the molecule is CC(C)(C)OC(=O)N[C@@H](C[C@@H]1CCCNC1=O)C(=O)C(=O)N1CCC1. The summed E-state index contributed by atoms with van der Waals surface area (Å²) in [5, 5.41) is 5.24. The number of Topliss-reactive ketones (excluding diaryl/α,β-unsaturated/α-hetero) is 1. The number of carbonyl (C=O) groups is 4. The van der Waals surface area contributed by atoms with Crippen LogP contribution >= 0.6 is 0 Å². The van der Waals surface area contributed by atoms with Crippen LogP contribution in [0.2, 0.25) is 0 Å². The van der Waals surface area contributed by atoms with Gasteiger partial charge in [0.15, 0.2) is 0 Å². The van der Waals surface area contributed by atoms with E-state index in [1.165, 1.54) is 4.90 Å². The number of piperidine rings is 1. The number of nitrogens with one attached hydrogen (secondary N) is 2. The number of hydrogen-bond donors (Lipinski definition) is 2. The zero-order valence-corrected chi connectivity index (χ0v) is 15.1. The third-order valence-electron chi connectivity index (χ3n) is 4.28. The molecule has 0 saturated carbocycles. The second kappa shape index (κ2) is 7.84. The number of amides is 3. The maximum Gasteiger partial charge on any atom is 0.408 e. The number of likely N-dealkylation sites (tertiary alicyclic amines) is 1. The number of alkyl carbamates (subject to hydrolysis) is 1. The first kappa shape index (κ1) is 19.2. The Morgan fingerprint density at radius 3 is 2.48 bits per heavy atom. The van der Waals surface area contributed by atoms with Crippen molar-refractivity contribution in [3.05, 3.63) is 0 Å². The monoisotopic (exact) mass is 353 g/mol. The highest BCUT2D eigenvalue weighted by Crippen LogP contribution is 2.19. The molecule has 140 valence electrons. The lowest BCUT2D eigenvalue weighted by molar-refractivity contribution is -0.148. The third kappa shape index (κ3) is 5.44. The Labute approximate surface area is 147 Å². The van der Waals surface area contributed by atoms with Gasteiger partial charge in [-0.2, -0.15) is 0 Å². The molecule has 2 aliphatic heterocycles. The van der Waals surface area contributed by atoms with Gasteiger partial charge in [0.05, 0.1) is 0 Å². The summed E-state index contributed by atoms with van der Waals surface area (Å²) in [6.07, 6.45) is 1.64. The molecule has 0 aromatic rings. The van der Waals surface area contributed by atoms with Gasteiger partial charge in [-0.05, 0) is 46.5 Å². The summed E-state index contributed by atoms with van der Waals surface area (Å²) < 4.78 is 5.19. The molecule has 8 nitrogen and oxygen atoms in total. The van der Waals surface area contributed by atoms with Gasteiger partial charge in [0.1, 0.15) is 11.6 Å². The van der Waals surface area contributed by atoms with Crippen LogP contribution in [0, 0.1) is 5.92 Å². The Kier molecular flexibility index (Phi) is 6.02. The van der Waals surface area contributed by atoms with Crippen molar-refractivity contribution in [2.45, 2.75) is 58.1 Å². The van der Waals surface area contributed by atoms with E-state index in [-0.39, 0.29) is 12.3 Å². The van der Waals surface area contributed by atoms with Gasteiger partial charge in [0, 0.05) is 25.6 Å². The minimum Gasteiger partial charge on any atom is -0.444 e. The second-order valence-corrected chi connectivity index (χ2v) is 7.57. The van der Waals surface area contributed by atoms with Crippen molar-refractivity contribution in [3.63, 3.8) is 0 Å². The molecule has 2 atom stereocenters. The predicted molar refractivity (Wildman–Crippen MR) is 89.7 cm³/mol. The maximum atomic E-state index is 12.6. The summed E-state index contributed by atoms with van der Waals surface area (Å²) in [4.78, 5) is 50.3. The molecular weight excluding hydrogens is 326 g/mol. The van der Waals surface area contributed by atoms with E-state index < -0.39 is 35.3 Å². The normalized spacial score (nSPS) is 21.6. The number of rotatable bonds is 5. The maximum absolute atomic E-state index is 12.6. The van der Waals surface area contributed by atoms with Crippen LogP contribution in [0.4, 0.5) is 4.79 Å². The summed E-state index contributed by atoms with van der Waals surface area (Å²) in [7, 11) is 0. The molecule has 0 spiro atoms. The van der Waals surface area contributed by atoms with Crippen LogP contribution < -0.4 is 10.6 Å². The first-order valence-corrected chi connectivity index (χ1v) is 8.78. The van der Waals surface area contributed by atoms with Crippen molar-refractivity contribution >= 4 is 23.7 Å².